The summed E-state index contributed by atoms with van der Waals surface area (Å²) in [7, 11) is 0. The fourth-order valence-corrected chi connectivity index (χ4v) is 2.45. The number of hydrogen-bond acceptors (Lipinski definition) is 5. The van der Waals surface area contributed by atoms with Gasteiger partial charge in [-0.15, -0.1) is 5.10 Å². The lowest BCUT2D eigenvalue weighted by Gasteiger charge is -2.04. The molecule has 0 fully saturated rings. The number of hydrogen-bond donors (Lipinski definition) is 2. The molecule has 6 nitrogen and oxygen atoms in total. The summed E-state index contributed by atoms with van der Waals surface area (Å²) in [4.78, 5) is 14.6. The lowest BCUT2D eigenvalue weighted by Crippen LogP contribution is -1.98. The second-order valence-electron chi connectivity index (χ2n) is 4.13. The molecule has 0 bridgehead atoms. The van der Waals surface area contributed by atoms with Gasteiger partial charge in [-0.2, -0.15) is 0 Å². The highest BCUT2D eigenvalue weighted by molar-refractivity contribution is 7.99. The standard InChI is InChI=1S/C13H14ClN3O3S/c14-9-4-1-2-5-10(9)20-8-11-15-13(17-16-11)21-7-3-6-12(18)19/h1-2,4-5H,3,6-8H2,(H,18,19)(H,15,16,17). The molecule has 0 atom stereocenters. The van der Waals surface area contributed by atoms with E-state index in [0.717, 1.165) is 0 Å². The van der Waals surface area contributed by atoms with Gasteiger partial charge in [0.25, 0.3) is 0 Å². The van der Waals surface area contributed by atoms with Gasteiger partial charge >= 0.3 is 5.97 Å². The number of thioether (sulfide) groups is 1. The van der Waals surface area contributed by atoms with E-state index in [0.29, 0.717) is 33.9 Å². The number of benzene rings is 1. The Morgan fingerprint density at radius 2 is 2.24 bits per heavy atom. The molecule has 0 radical (unpaired) electrons. The number of nitrogens with zero attached hydrogens (tertiary/aromatic N) is 2. The van der Waals surface area contributed by atoms with Crippen molar-refractivity contribution < 1.29 is 14.6 Å². The largest absolute Gasteiger partial charge is 0.484 e. The van der Waals surface area contributed by atoms with Gasteiger partial charge in [-0.05, 0) is 18.6 Å². The van der Waals surface area contributed by atoms with E-state index in [1.54, 1.807) is 12.1 Å². The first-order valence-electron chi connectivity index (χ1n) is 6.28. The summed E-state index contributed by atoms with van der Waals surface area (Å²) in [6.45, 7) is 0.242. The molecule has 0 amide bonds. The number of carbonyl (C=O) groups is 1. The first-order valence-corrected chi connectivity index (χ1v) is 7.64. The van der Waals surface area contributed by atoms with E-state index in [1.807, 2.05) is 12.1 Å². The normalized spacial score (nSPS) is 10.5. The summed E-state index contributed by atoms with van der Waals surface area (Å²) < 4.78 is 5.54. The summed E-state index contributed by atoms with van der Waals surface area (Å²) in [5.74, 6) is 1.05. The van der Waals surface area contributed by atoms with Crippen LogP contribution in [0.5, 0.6) is 5.75 Å². The highest BCUT2D eigenvalue weighted by atomic mass is 35.5. The maximum absolute atomic E-state index is 10.4. The van der Waals surface area contributed by atoms with Crippen LogP contribution in [-0.2, 0) is 11.4 Å². The minimum atomic E-state index is -0.792. The maximum atomic E-state index is 10.4. The zero-order chi connectivity index (χ0) is 15.1. The SMILES string of the molecule is O=C(O)CCCSc1n[nH]c(COc2ccccc2Cl)n1. The molecule has 8 heteroatoms. The minimum absolute atomic E-state index is 0.153. The summed E-state index contributed by atoms with van der Waals surface area (Å²) in [6.07, 6.45) is 0.736. The van der Waals surface area contributed by atoms with Crippen molar-refractivity contribution in [1.82, 2.24) is 15.2 Å². The third-order valence-electron chi connectivity index (χ3n) is 2.48. The van der Waals surface area contributed by atoms with E-state index in [4.69, 9.17) is 21.4 Å². The highest BCUT2D eigenvalue weighted by Crippen LogP contribution is 2.24. The van der Waals surface area contributed by atoms with Crippen LogP contribution >= 0.6 is 23.4 Å². The van der Waals surface area contributed by atoms with Crippen LogP contribution in [0.15, 0.2) is 29.4 Å². The Hall–Kier alpha value is -1.73. The molecule has 0 aliphatic heterocycles. The van der Waals surface area contributed by atoms with Crippen molar-refractivity contribution in [3.63, 3.8) is 0 Å². The van der Waals surface area contributed by atoms with Crippen molar-refractivity contribution in [2.24, 2.45) is 0 Å². The van der Waals surface area contributed by atoms with E-state index >= 15 is 0 Å². The molecule has 1 aromatic carbocycles. The minimum Gasteiger partial charge on any atom is -0.484 e. The molecule has 1 heterocycles. The molecule has 2 rings (SSSR count). The van der Waals surface area contributed by atoms with Crippen LogP contribution in [0, 0.1) is 0 Å². The third-order valence-corrected chi connectivity index (χ3v) is 3.72. The van der Waals surface area contributed by atoms with Crippen molar-refractivity contribution >= 4 is 29.3 Å². The van der Waals surface area contributed by atoms with Gasteiger partial charge in [0.1, 0.15) is 12.4 Å². The monoisotopic (exact) mass is 327 g/mol. The Morgan fingerprint density at radius 1 is 1.43 bits per heavy atom. The van der Waals surface area contributed by atoms with Gasteiger partial charge in [-0.25, -0.2) is 4.98 Å². The van der Waals surface area contributed by atoms with Crippen molar-refractivity contribution in [2.75, 3.05) is 5.75 Å². The molecule has 2 N–H and O–H groups in total. The predicted octanol–water partition coefficient (Wildman–Crippen LogP) is 2.99. The molecular weight excluding hydrogens is 314 g/mol. The van der Waals surface area contributed by atoms with Gasteiger partial charge in [0.05, 0.1) is 5.02 Å². The molecule has 0 saturated heterocycles. The zero-order valence-electron chi connectivity index (χ0n) is 11.1. The van der Waals surface area contributed by atoms with Crippen LogP contribution in [-0.4, -0.2) is 32.0 Å². The van der Waals surface area contributed by atoms with E-state index in [9.17, 15) is 4.79 Å². The topological polar surface area (TPSA) is 88.1 Å². The van der Waals surface area contributed by atoms with Crippen LogP contribution in [0.3, 0.4) is 0 Å². The van der Waals surface area contributed by atoms with Crippen LogP contribution in [0.25, 0.3) is 0 Å². The summed E-state index contributed by atoms with van der Waals surface area (Å²) >= 11 is 7.39. The first-order chi connectivity index (χ1) is 10.1. The lowest BCUT2D eigenvalue weighted by molar-refractivity contribution is -0.137. The quantitative estimate of drug-likeness (QED) is 0.572. The molecule has 2 aromatic rings. The van der Waals surface area contributed by atoms with Crippen molar-refractivity contribution in [3.05, 3.63) is 35.1 Å². The Morgan fingerprint density at radius 3 is 3.00 bits per heavy atom. The zero-order valence-corrected chi connectivity index (χ0v) is 12.7. The molecule has 21 heavy (non-hydrogen) atoms. The Bertz CT molecular complexity index is 606. The lowest BCUT2D eigenvalue weighted by atomic mass is 10.3. The summed E-state index contributed by atoms with van der Waals surface area (Å²) in [5, 5.41) is 16.5. The third kappa shape index (κ3) is 5.28. The molecule has 0 saturated carbocycles. The predicted molar refractivity (Wildman–Crippen MR) is 79.8 cm³/mol. The number of carboxylic acids is 1. The fourth-order valence-electron chi connectivity index (χ4n) is 1.50. The average molecular weight is 328 g/mol. The van der Waals surface area contributed by atoms with Gasteiger partial charge < -0.3 is 9.84 Å². The van der Waals surface area contributed by atoms with E-state index in [2.05, 4.69) is 15.2 Å². The summed E-state index contributed by atoms with van der Waals surface area (Å²) in [6, 6.07) is 7.20. The first kappa shape index (κ1) is 15.7. The maximum Gasteiger partial charge on any atom is 0.303 e. The number of carboxylic acid groups (broad SMARTS) is 1. The van der Waals surface area contributed by atoms with Crippen LogP contribution in [0.2, 0.25) is 5.02 Å². The highest BCUT2D eigenvalue weighted by Gasteiger charge is 2.06. The molecule has 0 unspecified atom stereocenters. The van der Waals surface area contributed by atoms with Gasteiger partial charge in [-0.3, -0.25) is 9.89 Å². The number of nitrogens with one attached hydrogen (secondary N) is 1. The molecule has 0 spiro atoms. The fraction of sp³-hybridized carbons (Fsp3) is 0.308. The molecule has 1 aromatic heterocycles. The average Bonchev–Trinajstić information content (AvgIpc) is 2.90. The molecule has 0 aliphatic rings. The van der Waals surface area contributed by atoms with Crippen LogP contribution in [0.4, 0.5) is 0 Å². The number of aromatic amines is 1. The van der Waals surface area contributed by atoms with Crippen molar-refractivity contribution in [1.29, 1.82) is 0 Å². The molecular formula is C13H14ClN3O3S. The Balaban J connectivity index is 1.78. The second kappa shape index (κ2) is 7.90. The summed E-state index contributed by atoms with van der Waals surface area (Å²) in [5.41, 5.74) is 0. The number of H-pyrrole nitrogens is 1. The van der Waals surface area contributed by atoms with Crippen molar-refractivity contribution in [2.45, 2.75) is 24.6 Å². The number of ether oxygens (including phenoxy) is 1. The van der Waals surface area contributed by atoms with Gasteiger partial charge in [0, 0.05) is 12.2 Å². The number of halogens is 1. The number of para-hydroxylation sites is 1. The number of aromatic nitrogens is 3. The van der Waals surface area contributed by atoms with E-state index < -0.39 is 5.97 Å². The van der Waals surface area contributed by atoms with E-state index in [1.165, 1.54) is 11.8 Å². The second-order valence-corrected chi connectivity index (χ2v) is 5.60. The van der Waals surface area contributed by atoms with Crippen LogP contribution in [0.1, 0.15) is 18.7 Å². The van der Waals surface area contributed by atoms with Gasteiger partial charge in [0.15, 0.2) is 5.82 Å². The Kier molecular flexibility index (Phi) is 5.89. The van der Waals surface area contributed by atoms with Crippen LogP contribution < -0.4 is 4.74 Å². The number of aliphatic carboxylic acids is 1. The van der Waals surface area contributed by atoms with Gasteiger partial charge in [0.2, 0.25) is 5.16 Å². The van der Waals surface area contributed by atoms with Crippen molar-refractivity contribution in [3.8, 4) is 5.75 Å². The Labute approximate surface area is 130 Å². The van der Waals surface area contributed by atoms with Gasteiger partial charge in [-0.1, -0.05) is 35.5 Å². The molecule has 112 valence electrons. The smallest absolute Gasteiger partial charge is 0.303 e. The number of rotatable bonds is 8. The van der Waals surface area contributed by atoms with E-state index in [-0.39, 0.29) is 13.0 Å². The molecule has 0 aliphatic carbocycles.